The second-order valence-electron chi connectivity index (χ2n) is 4.93. The van der Waals surface area contributed by atoms with Crippen molar-refractivity contribution < 1.29 is 4.79 Å². The molecule has 4 nitrogen and oxygen atoms in total. The zero-order valence-corrected chi connectivity index (χ0v) is 11.0. The van der Waals surface area contributed by atoms with E-state index in [-0.39, 0.29) is 6.03 Å². The summed E-state index contributed by atoms with van der Waals surface area (Å²) in [6.45, 7) is 1.30. The Kier molecular flexibility index (Phi) is 2.78. The van der Waals surface area contributed by atoms with Crippen LogP contribution in [0.15, 0.2) is 36.5 Å². The van der Waals surface area contributed by atoms with Gasteiger partial charge in [0.2, 0.25) is 0 Å². The maximum atomic E-state index is 11.1. The molecule has 2 heterocycles. The topological polar surface area (TPSA) is 51.3 Å². The van der Waals surface area contributed by atoms with Gasteiger partial charge in [0.05, 0.1) is 0 Å². The summed E-state index contributed by atoms with van der Waals surface area (Å²) in [6.07, 6.45) is 5.13. The van der Waals surface area contributed by atoms with Gasteiger partial charge in [0.1, 0.15) is 0 Å². The third kappa shape index (κ3) is 1.99. The van der Waals surface area contributed by atoms with Crippen molar-refractivity contribution in [1.29, 1.82) is 0 Å². The minimum absolute atomic E-state index is 0.340. The van der Waals surface area contributed by atoms with Crippen LogP contribution in [-0.2, 0) is 7.05 Å². The Balaban J connectivity index is 2.00. The number of hydrogen-bond donors (Lipinski definition) is 1. The maximum absolute atomic E-state index is 11.1. The van der Waals surface area contributed by atoms with Gasteiger partial charge in [-0.15, -0.1) is 0 Å². The summed E-state index contributed by atoms with van der Waals surface area (Å²) in [5.74, 6) is 0. The molecule has 2 N–H and O–H groups in total. The number of hydrogen-bond acceptors (Lipinski definition) is 1. The van der Waals surface area contributed by atoms with Crippen LogP contribution in [0, 0.1) is 0 Å². The zero-order chi connectivity index (χ0) is 13.4. The Hall–Kier alpha value is -2.23. The summed E-state index contributed by atoms with van der Waals surface area (Å²) in [5.41, 5.74) is 9.10. The van der Waals surface area contributed by atoms with Crippen LogP contribution in [0.1, 0.15) is 12.0 Å². The Morgan fingerprint density at radius 1 is 1.32 bits per heavy atom. The van der Waals surface area contributed by atoms with E-state index in [1.807, 2.05) is 0 Å². The molecular weight excluding hydrogens is 238 g/mol. The molecule has 2 amide bonds. The lowest BCUT2D eigenvalue weighted by Gasteiger charge is -2.24. The number of benzene rings is 1. The number of aryl methyl sites for hydroxylation is 1. The molecule has 0 fully saturated rings. The number of para-hydroxylation sites is 1. The van der Waals surface area contributed by atoms with Gasteiger partial charge in [-0.25, -0.2) is 4.79 Å². The molecule has 0 unspecified atom stereocenters. The average molecular weight is 255 g/mol. The standard InChI is InChI=1S/C15H17N3O/c1-17-10-13(12-4-2-3-5-14(12)17)11-6-8-18(9-7-11)15(16)19/h2-6,10H,7-9H2,1H3,(H2,16,19). The van der Waals surface area contributed by atoms with E-state index in [2.05, 4.69) is 48.2 Å². The normalized spacial score (nSPS) is 15.6. The Morgan fingerprint density at radius 2 is 2.11 bits per heavy atom. The zero-order valence-electron chi connectivity index (χ0n) is 11.0. The predicted octanol–water partition coefficient (Wildman–Crippen LogP) is 2.35. The van der Waals surface area contributed by atoms with Crippen LogP contribution >= 0.6 is 0 Å². The third-order valence-electron chi connectivity index (χ3n) is 3.76. The first kappa shape index (κ1) is 11.8. The summed E-state index contributed by atoms with van der Waals surface area (Å²) in [4.78, 5) is 12.8. The highest BCUT2D eigenvalue weighted by Gasteiger charge is 2.17. The summed E-state index contributed by atoms with van der Waals surface area (Å²) < 4.78 is 2.14. The molecule has 0 atom stereocenters. The quantitative estimate of drug-likeness (QED) is 0.835. The van der Waals surface area contributed by atoms with Crippen LogP contribution in [-0.4, -0.2) is 28.6 Å². The van der Waals surface area contributed by atoms with Crippen LogP contribution in [0.2, 0.25) is 0 Å². The van der Waals surface area contributed by atoms with Crippen molar-refractivity contribution >= 4 is 22.5 Å². The number of amides is 2. The van der Waals surface area contributed by atoms with Crippen LogP contribution in [0.4, 0.5) is 4.79 Å². The second kappa shape index (κ2) is 4.46. The minimum atomic E-state index is -0.340. The monoisotopic (exact) mass is 255 g/mol. The van der Waals surface area contributed by atoms with E-state index in [0.717, 1.165) is 6.42 Å². The summed E-state index contributed by atoms with van der Waals surface area (Å²) in [7, 11) is 2.06. The number of fused-ring (bicyclic) bond motifs is 1. The van der Waals surface area contributed by atoms with E-state index in [4.69, 9.17) is 5.73 Å². The van der Waals surface area contributed by atoms with Gasteiger partial charge in [0.25, 0.3) is 0 Å². The van der Waals surface area contributed by atoms with Crippen LogP contribution in [0.5, 0.6) is 0 Å². The SMILES string of the molecule is Cn1cc(C2=CCN(C(N)=O)CC2)c2ccccc21. The number of carbonyl (C=O) groups excluding carboxylic acids is 1. The molecule has 0 radical (unpaired) electrons. The third-order valence-corrected chi connectivity index (χ3v) is 3.76. The molecule has 1 aromatic heterocycles. The van der Waals surface area contributed by atoms with E-state index < -0.39 is 0 Å². The Morgan fingerprint density at radius 3 is 2.79 bits per heavy atom. The number of carbonyl (C=O) groups is 1. The van der Waals surface area contributed by atoms with Gasteiger partial charge < -0.3 is 15.2 Å². The molecule has 1 aromatic carbocycles. The molecule has 19 heavy (non-hydrogen) atoms. The number of nitrogens with zero attached hydrogens (tertiary/aromatic N) is 2. The predicted molar refractivity (Wildman–Crippen MR) is 76.7 cm³/mol. The first-order chi connectivity index (χ1) is 9.16. The fourth-order valence-corrected chi connectivity index (χ4v) is 2.71. The van der Waals surface area contributed by atoms with Crippen molar-refractivity contribution in [3.63, 3.8) is 0 Å². The summed E-state index contributed by atoms with van der Waals surface area (Å²) in [6, 6.07) is 8.04. The fourth-order valence-electron chi connectivity index (χ4n) is 2.71. The van der Waals surface area contributed by atoms with E-state index in [9.17, 15) is 4.79 Å². The highest BCUT2D eigenvalue weighted by atomic mass is 16.2. The largest absolute Gasteiger partial charge is 0.351 e. The van der Waals surface area contributed by atoms with Crippen molar-refractivity contribution in [3.05, 3.63) is 42.1 Å². The summed E-state index contributed by atoms with van der Waals surface area (Å²) >= 11 is 0. The molecular formula is C15H17N3O. The molecule has 1 aliphatic rings. The van der Waals surface area contributed by atoms with Crippen molar-refractivity contribution in [2.75, 3.05) is 13.1 Å². The van der Waals surface area contributed by atoms with Crippen LogP contribution in [0.25, 0.3) is 16.5 Å². The highest BCUT2D eigenvalue weighted by Crippen LogP contribution is 2.30. The van der Waals surface area contributed by atoms with E-state index in [1.165, 1.54) is 22.0 Å². The smallest absolute Gasteiger partial charge is 0.315 e. The van der Waals surface area contributed by atoms with Gasteiger partial charge in [0.15, 0.2) is 0 Å². The Labute approximate surface area is 112 Å². The maximum Gasteiger partial charge on any atom is 0.315 e. The lowest BCUT2D eigenvalue weighted by molar-refractivity contribution is 0.213. The molecule has 0 spiro atoms. The van der Waals surface area contributed by atoms with Gasteiger partial charge in [0, 0.05) is 42.8 Å². The number of aromatic nitrogens is 1. The lowest BCUT2D eigenvalue weighted by Crippen LogP contribution is -2.38. The van der Waals surface area contributed by atoms with E-state index in [0.29, 0.717) is 13.1 Å². The lowest BCUT2D eigenvalue weighted by atomic mass is 9.99. The van der Waals surface area contributed by atoms with Gasteiger partial charge in [-0.3, -0.25) is 0 Å². The Bertz CT molecular complexity index is 669. The highest BCUT2D eigenvalue weighted by molar-refractivity contribution is 5.93. The van der Waals surface area contributed by atoms with Crippen molar-refractivity contribution in [1.82, 2.24) is 9.47 Å². The number of nitrogens with two attached hydrogens (primary N) is 1. The van der Waals surface area contributed by atoms with Crippen LogP contribution in [0.3, 0.4) is 0 Å². The fraction of sp³-hybridized carbons (Fsp3) is 0.267. The van der Waals surface area contributed by atoms with Crippen molar-refractivity contribution in [2.24, 2.45) is 12.8 Å². The van der Waals surface area contributed by atoms with Crippen molar-refractivity contribution in [3.8, 4) is 0 Å². The number of primary amides is 1. The molecule has 3 rings (SSSR count). The first-order valence-corrected chi connectivity index (χ1v) is 6.44. The van der Waals surface area contributed by atoms with Gasteiger partial charge in [-0.2, -0.15) is 0 Å². The molecule has 0 saturated carbocycles. The molecule has 4 heteroatoms. The van der Waals surface area contributed by atoms with E-state index >= 15 is 0 Å². The molecule has 0 bridgehead atoms. The van der Waals surface area contributed by atoms with E-state index in [1.54, 1.807) is 4.90 Å². The van der Waals surface area contributed by atoms with Gasteiger partial charge >= 0.3 is 6.03 Å². The average Bonchev–Trinajstić information content (AvgIpc) is 2.77. The molecule has 0 saturated heterocycles. The second-order valence-corrected chi connectivity index (χ2v) is 4.93. The minimum Gasteiger partial charge on any atom is -0.351 e. The number of urea groups is 1. The molecule has 98 valence electrons. The summed E-state index contributed by atoms with van der Waals surface area (Å²) in [5, 5.41) is 1.27. The van der Waals surface area contributed by atoms with Crippen LogP contribution < -0.4 is 5.73 Å². The number of rotatable bonds is 1. The van der Waals surface area contributed by atoms with Crippen molar-refractivity contribution in [2.45, 2.75) is 6.42 Å². The van der Waals surface area contributed by atoms with Gasteiger partial charge in [-0.05, 0) is 18.1 Å². The van der Waals surface area contributed by atoms with Gasteiger partial charge in [-0.1, -0.05) is 24.3 Å². The first-order valence-electron chi connectivity index (χ1n) is 6.44. The molecule has 1 aliphatic heterocycles. The molecule has 0 aliphatic carbocycles. The molecule has 2 aromatic rings.